The molecule has 0 saturated carbocycles. The molecule has 1 aromatic heterocycles. The number of ether oxygens (including phenoxy) is 1. The van der Waals surface area contributed by atoms with Gasteiger partial charge in [0.1, 0.15) is 0 Å². The van der Waals surface area contributed by atoms with Gasteiger partial charge in [-0.05, 0) is 4.92 Å². The number of esters is 1. The van der Waals surface area contributed by atoms with Gasteiger partial charge in [-0.15, -0.1) is 0 Å². The molecule has 1 aromatic rings. The summed E-state index contributed by atoms with van der Waals surface area (Å²) in [6.07, 6.45) is -3.20. The van der Waals surface area contributed by atoms with Crippen LogP contribution in [0.3, 0.4) is 0 Å². The summed E-state index contributed by atoms with van der Waals surface area (Å²) >= 11 is 0. The van der Waals surface area contributed by atoms with Gasteiger partial charge in [0.2, 0.25) is 0 Å². The minimum Gasteiger partial charge on any atom is -0.465 e. The van der Waals surface area contributed by atoms with Crippen LogP contribution in [-0.2, 0) is 4.74 Å². The Bertz CT molecular complexity index is 525. The second-order valence-electron chi connectivity index (χ2n) is 2.86. The number of H-pyrrole nitrogens is 1. The number of aromatic nitrogens is 1. The van der Waals surface area contributed by atoms with Crippen LogP contribution in [0.1, 0.15) is 22.3 Å². The van der Waals surface area contributed by atoms with E-state index >= 15 is 0 Å². The lowest BCUT2D eigenvalue weighted by Gasteiger charge is -2.06. The van der Waals surface area contributed by atoms with Gasteiger partial charge in [-0.2, -0.15) is 0 Å². The summed E-state index contributed by atoms with van der Waals surface area (Å²) in [5.74, 6) is -2.43. The first-order valence-electron chi connectivity index (χ1n) is 4.16. The number of nitrogens with one attached hydrogen (secondary N) is 1. The van der Waals surface area contributed by atoms with Crippen molar-refractivity contribution < 1.29 is 23.2 Å². The van der Waals surface area contributed by atoms with Crippen molar-refractivity contribution >= 4 is 11.8 Å². The molecule has 1 rings (SSSR count). The number of rotatable bonds is 3. The standard InChI is InChI=1S/C8H6F2N2O5/c1-17-8(14)5-3(6(9)10)2-4(13)11-7(5)12(15)16/h2,6H,1H3,(H,11,13). The van der Waals surface area contributed by atoms with Crippen LogP contribution >= 0.6 is 0 Å². The van der Waals surface area contributed by atoms with Crippen LogP contribution in [0.5, 0.6) is 0 Å². The van der Waals surface area contributed by atoms with Gasteiger partial charge < -0.3 is 14.9 Å². The number of halogens is 2. The quantitative estimate of drug-likeness (QED) is 0.488. The van der Waals surface area contributed by atoms with E-state index in [0.29, 0.717) is 6.07 Å². The zero-order valence-corrected chi connectivity index (χ0v) is 8.40. The average Bonchev–Trinajstić information content (AvgIpc) is 2.26. The molecule has 0 aliphatic heterocycles. The Morgan fingerprint density at radius 2 is 2.18 bits per heavy atom. The van der Waals surface area contributed by atoms with Crippen molar-refractivity contribution in [3.8, 4) is 0 Å². The normalized spacial score (nSPS) is 10.4. The third-order valence-corrected chi connectivity index (χ3v) is 1.86. The fourth-order valence-electron chi connectivity index (χ4n) is 1.19. The number of methoxy groups -OCH3 is 1. The lowest BCUT2D eigenvalue weighted by molar-refractivity contribution is -0.390. The largest absolute Gasteiger partial charge is 0.465 e. The molecule has 9 heteroatoms. The highest BCUT2D eigenvalue weighted by molar-refractivity contribution is 5.94. The minimum absolute atomic E-state index is 0.421. The summed E-state index contributed by atoms with van der Waals surface area (Å²) in [7, 11) is 0.881. The second-order valence-corrected chi connectivity index (χ2v) is 2.86. The molecule has 0 aliphatic rings. The van der Waals surface area contributed by atoms with Gasteiger partial charge in [0.25, 0.3) is 6.43 Å². The molecule has 1 heterocycles. The van der Waals surface area contributed by atoms with Gasteiger partial charge in [0.05, 0.1) is 7.11 Å². The number of carbonyl (C=O) groups is 1. The summed E-state index contributed by atoms with van der Waals surface area (Å²) in [6, 6.07) is 0.421. The predicted octanol–water partition coefficient (Wildman–Crippen LogP) is 1.01. The third-order valence-electron chi connectivity index (χ3n) is 1.86. The maximum absolute atomic E-state index is 12.6. The summed E-state index contributed by atoms with van der Waals surface area (Å²) in [6.45, 7) is 0. The number of hydrogen-bond acceptors (Lipinski definition) is 5. The van der Waals surface area contributed by atoms with Crippen LogP contribution in [0.2, 0.25) is 0 Å². The van der Waals surface area contributed by atoms with Crippen molar-refractivity contribution in [1.29, 1.82) is 0 Å². The summed E-state index contributed by atoms with van der Waals surface area (Å²) in [5, 5.41) is 10.6. The lowest BCUT2D eigenvalue weighted by Crippen LogP contribution is -2.18. The number of alkyl halides is 2. The molecule has 0 fully saturated rings. The lowest BCUT2D eigenvalue weighted by atomic mass is 10.1. The van der Waals surface area contributed by atoms with Crippen LogP contribution in [0.15, 0.2) is 10.9 Å². The highest BCUT2D eigenvalue weighted by Gasteiger charge is 2.30. The molecule has 0 saturated heterocycles. The molecule has 0 atom stereocenters. The molecule has 17 heavy (non-hydrogen) atoms. The van der Waals surface area contributed by atoms with E-state index in [9.17, 15) is 28.5 Å². The molecular weight excluding hydrogens is 242 g/mol. The van der Waals surface area contributed by atoms with Crippen molar-refractivity contribution in [3.63, 3.8) is 0 Å². The van der Waals surface area contributed by atoms with E-state index in [2.05, 4.69) is 4.74 Å². The van der Waals surface area contributed by atoms with Gasteiger partial charge >= 0.3 is 17.3 Å². The number of carbonyl (C=O) groups excluding carboxylic acids is 1. The number of nitrogens with zero attached hydrogens (tertiary/aromatic N) is 1. The van der Waals surface area contributed by atoms with Crippen LogP contribution in [-0.4, -0.2) is 23.0 Å². The zero-order chi connectivity index (χ0) is 13.2. The number of hydrogen-bond donors (Lipinski definition) is 1. The Labute approximate surface area is 92.2 Å². The molecule has 1 N–H and O–H groups in total. The van der Waals surface area contributed by atoms with Crippen molar-refractivity contribution in [1.82, 2.24) is 4.98 Å². The highest BCUT2D eigenvalue weighted by Crippen LogP contribution is 2.27. The molecule has 92 valence electrons. The maximum Gasteiger partial charge on any atom is 0.346 e. The fraction of sp³-hybridized carbons (Fsp3) is 0.250. The molecule has 0 amide bonds. The molecule has 0 bridgehead atoms. The Morgan fingerprint density at radius 3 is 2.59 bits per heavy atom. The fourth-order valence-corrected chi connectivity index (χ4v) is 1.19. The van der Waals surface area contributed by atoms with Gasteiger partial charge in [0.15, 0.2) is 5.56 Å². The molecule has 0 unspecified atom stereocenters. The molecule has 0 aromatic carbocycles. The molecular formula is C8H6F2N2O5. The first-order valence-corrected chi connectivity index (χ1v) is 4.16. The molecule has 7 nitrogen and oxygen atoms in total. The summed E-state index contributed by atoms with van der Waals surface area (Å²) in [5.41, 5.74) is -3.08. The highest BCUT2D eigenvalue weighted by atomic mass is 19.3. The smallest absolute Gasteiger partial charge is 0.346 e. The first kappa shape index (κ1) is 12.7. The first-order chi connectivity index (χ1) is 7.88. The Hall–Kier alpha value is -2.32. The van der Waals surface area contributed by atoms with Gasteiger partial charge in [-0.3, -0.25) is 0 Å². The summed E-state index contributed by atoms with van der Waals surface area (Å²) < 4.78 is 29.3. The van der Waals surface area contributed by atoms with E-state index in [-0.39, 0.29) is 0 Å². The Morgan fingerprint density at radius 1 is 1.59 bits per heavy atom. The predicted molar refractivity (Wildman–Crippen MR) is 50.0 cm³/mol. The van der Waals surface area contributed by atoms with Gasteiger partial charge in [-0.25, -0.2) is 23.4 Å². The van der Waals surface area contributed by atoms with Gasteiger partial charge in [0, 0.05) is 11.6 Å². The van der Waals surface area contributed by atoms with Crippen LogP contribution in [0.25, 0.3) is 0 Å². The van der Waals surface area contributed by atoms with E-state index in [0.717, 1.165) is 7.11 Å². The van der Waals surface area contributed by atoms with E-state index in [4.69, 9.17) is 0 Å². The molecule has 0 spiro atoms. The van der Waals surface area contributed by atoms with E-state index in [1.807, 2.05) is 0 Å². The average molecular weight is 248 g/mol. The Balaban J connectivity index is 3.65. The van der Waals surface area contributed by atoms with E-state index in [1.165, 1.54) is 0 Å². The minimum atomic E-state index is -3.20. The monoisotopic (exact) mass is 248 g/mol. The topological polar surface area (TPSA) is 102 Å². The maximum atomic E-state index is 12.6. The van der Waals surface area contributed by atoms with E-state index < -0.39 is 39.8 Å². The van der Waals surface area contributed by atoms with Crippen molar-refractivity contribution in [2.75, 3.05) is 7.11 Å². The van der Waals surface area contributed by atoms with Crippen LogP contribution in [0.4, 0.5) is 14.6 Å². The number of pyridine rings is 1. The van der Waals surface area contributed by atoms with Crippen molar-refractivity contribution in [2.45, 2.75) is 6.43 Å². The zero-order valence-electron chi connectivity index (χ0n) is 8.40. The van der Waals surface area contributed by atoms with Crippen molar-refractivity contribution in [3.05, 3.63) is 37.7 Å². The number of aromatic amines is 1. The summed E-state index contributed by atoms with van der Waals surface area (Å²) in [4.78, 5) is 33.2. The van der Waals surface area contributed by atoms with E-state index in [1.54, 1.807) is 4.98 Å². The number of nitro groups is 1. The van der Waals surface area contributed by atoms with Gasteiger partial charge in [-0.1, -0.05) is 0 Å². The SMILES string of the molecule is COC(=O)c1c(C(F)F)cc(=O)[nH]c1[N+](=O)[O-]. The van der Waals surface area contributed by atoms with Crippen LogP contribution in [0, 0.1) is 10.1 Å². The van der Waals surface area contributed by atoms with Crippen LogP contribution < -0.4 is 5.56 Å². The third kappa shape index (κ3) is 2.44. The molecule has 0 aliphatic carbocycles. The second kappa shape index (κ2) is 4.68. The molecule has 0 radical (unpaired) electrons. The van der Waals surface area contributed by atoms with Crippen molar-refractivity contribution in [2.24, 2.45) is 0 Å². The Kier molecular flexibility index (Phi) is 3.51.